The van der Waals surface area contributed by atoms with E-state index >= 15 is 0 Å². The van der Waals surface area contributed by atoms with Crippen molar-refractivity contribution in [3.63, 3.8) is 0 Å². The minimum absolute atomic E-state index is 0.0212. The topological polar surface area (TPSA) is 44.4 Å². The molecule has 110 valence electrons. The highest BCUT2D eigenvalue weighted by atomic mass is 16.1. The van der Waals surface area contributed by atoms with E-state index in [9.17, 15) is 4.79 Å². The fourth-order valence-electron chi connectivity index (χ4n) is 2.61. The summed E-state index contributed by atoms with van der Waals surface area (Å²) < 4.78 is 0. The average molecular weight is 275 g/mol. The van der Waals surface area contributed by atoms with Crippen molar-refractivity contribution in [3.05, 3.63) is 29.8 Å². The fraction of sp³-hybridized carbons (Fsp3) is 0.562. The van der Waals surface area contributed by atoms with Crippen molar-refractivity contribution >= 4 is 11.6 Å². The van der Waals surface area contributed by atoms with Crippen LogP contribution in [0.5, 0.6) is 0 Å². The second-order valence-electron chi connectivity index (χ2n) is 5.59. The van der Waals surface area contributed by atoms with Crippen LogP contribution < -0.4 is 10.6 Å². The summed E-state index contributed by atoms with van der Waals surface area (Å²) in [5, 5.41) is 6.19. The van der Waals surface area contributed by atoms with Crippen molar-refractivity contribution in [2.75, 3.05) is 31.5 Å². The number of nitrogens with zero attached hydrogens (tertiary/aromatic N) is 1. The Hall–Kier alpha value is -1.39. The minimum Gasteiger partial charge on any atom is -0.325 e. The number of benzene rings is 1. The maximum Gasteiger partial charge on any atom is 0.238 e. The number of nitrogens with one attached hydrogen (secondary N) is 2. The van der Waals surface area contributed by atoms with Gasteiger partial charge in [-0.15, -0.1) is 0 Å². The van der Waals surface area contributed by atoms with E-state index in [1.807, 2.05) is 31.2 Å². The molecule has 2 N–H and O–H groups in total. The predicted octanol–water partition coefficient (Wildman–Crippen LogP) is 2.01. The van der Waals surface area contributed by atoms with Crippen LogP contribution in [0.25, 0.3) is 0 Å². The monoisotopic (exact) mass is 275 g/mol. The lowest BCUT2D eigenvalue weighted by atomic mass is 10.2. The largest absolute Gasteiger partial charge is 0.325 e. The Labute approximate surface area is 121 Å². The van der Waals surface area contributed by atoms with Crippen molar-refractivity contribution in [2.45, 2.75) is 32.7 Å². The zero-order valence-corrected chi connectivity index (χ0v) is 12.5. The highest BCUT2D eigenvalue weighted by Crippen LogP contribution is 2.13. The van der Waals surface area contributed by atoms with Gasteiger partial charge >= 0.3 is 0 Å². The van der Waals surface area contributed by atoms with Gasteiger partial charge in [0.2, 0.25) is 5.91 Å². The zero-order chi connectivity index (χ0) is 14.4. The highest BCUT2D eigenvalue weighted by molar-refractivity contribution is 5.92. The van der Waals surface area contributed by atoms with Crippen LogP contribution in [0, 0.1) is 6.92 Å². The molecule has 0 aliphatic carbocycles. The summed E-state index contributed by atoms with van der Waals surface area (Å²) in [5.41, 5.74) is 1.98. The van der Waals surface area contributed by atoms with E-state index in [-0.39, 0.29) is 5.91 Å². The quantitative estimate of drug-likeness (QED) is 0.834. The molecule has 1 saturated heterocycles. The molecule has 1 heterocycles. The van der Waals surface area contributed by atoms with Crippen molar-refractivity contribution in [2.24, 2.45) is 0 Å². The number of aryl methyl sites for hydroxylation is 1. The van der Waals surface area contributed by atoms with Crippen LogP contribution in [0.2, 0.25) is 0 Å². The van der Waals surface area contributed by atoms with Gasteiger partial charge in [-0.1, -0.05) is 18.2 Å². The van der Waals surface area contributed by atoms with Gasteiger partial charge in [0.25, 0.3) is 0 Å². The SMILES string of the molecule is Cc1ccccc1NC(=O)CNCC(C)N1CCCC1. The molecule has 2 rings (SSSR count). The van der Waals surface area contributed by atoms with E-state index in [4.69, 9.17) is 0 Å². The molecule has 1 fully saturated rings. The Balaban J connectivity index is 1.69. The first-order chi connectivity index (χ1) is 9.66. The molecule has 1 aromatic rings. The molecule has 0 aromatic heterocycles. The summed E-state index contributed by atoms with van der Waals surface area (Å²) in [6.45, 7) is 7.83. The zero-order valence-electron chi connectivity index (χ0n) is 12.5. The number of hydrogen-bond donors (Lipinski definition) is 2. The van der Waals surface area contributed by atoms with Gasteiger partial charge in [-0.3, -0.25) is 9.69 Å². The molecule has 0 saturated carbocycles. The lowest BCUT2D eigenvalue weighted by molar-refractivity contribution is -0.115. The van der Waals surface area contributed by atoms with E-state index in [1.165, 1.54) is 25.9 Å². The van der Waals surface area contributed by atoms with Crippen LogP contribution in [-0.2, 0) is 4.79 Å². The first kappa shape index (κ1) is 15.0. The van der Waals surface area contributed by atoms with Gasteiger partial charge in [0, 0.05) is 18.3 Å². The second-order valence-corrected chi connectivity index (χ2v) is 5.59. The molecule has 0 radical (unpaired) electrons. The number of hydrogen-bond acceptors (Lipinski definition) is 3. The lowest BCUT2D eigenvalue weighted by Crippen LogP contribution is -2.41. The van der Waals surface area contributed by atoms with Crippen molar-refractivity contribution in [1.29, 1.82) is 0 Å². The molecular weight excluding hydrogens is 250 g/mol. The third kappa shape index (κ3) is 4.32. The van der Waals surface area contributed by atoms with Gasteiger partial charge in [-0.25, -0.2) is 0 Å². The first-order valence-corrected chi connectivity index (χ1v) is 7.47. The standard InChI is InChI=1S/C16H25N3O/c1-13-7-3-4-8-15(13)18-16(20)12-17-11-14(2)19-9-5-6-10-19/h3-4,7-8,14,17H,5-6,9-12H2,1-2H3,(H,18,20). The Morgan fingerprint density at radius 2 is 2.00 bits per heavy atom. The highest BCUT2D eigenvalue weighted by Gasteiger charge is 2.17. The minimum atomic E-state index is 0.0212. The van der Waals surface area contributed by atoms with Crippen molar-refractivity contribution in [1.82, 2.24) is 10.2 Å². The normalized spacial score (nSPS) is 17.1. The molecule has 1 aliphatic rings. The number of rotatable bonds is 6. The lowest BCUT2D eigenvalue weighted by Gasteiger charge is -2.23. The van der Waals surface area contributed by atoms with E-state index in [0.29, 0.717) is 12.6 Å². The van der Waals surface area contributed by atoms with E-state index < -0.39 is 0 Å². The Morgan fingerprint density at radius 3 is 2.70 bits per heavy atom. The van der Waals surface area contributed by atoms with Crippen LogP contribution in [0.3, 0.4) is 0 Å². The van der Waals surface area contributed by atoms with Crippen LogP contribution in [0.4, 0.5) is 5.69 Å². The number of carbonyl (C=O) groups excluding carboxylic acids is 1. The Bertz CT molecular complexity index is 441. The molecule has 0 bridgehead atoms. The number of anilines is 1. The third-order valence-corrected chi connectivity index (χ3v) is 3.91. The molecule has 1 aliphatic heterocycles. The van der Waals surface area contributed by atoms with Crippen LogP contribution in [0.15, 0.2) is 24.3 Å². The summed E-state index contributed by atoms with van der Waals surface area (Å²) in [5.74, 6) is 0.0212. The maximum atomic E-state index is 11.9. The number of amides is 1. The van der Waals surface area contributed by atoms with Crippen molar-refractivity contribution in [3.8, 4) is 0 Å². The van der Waals surface area contributed by atoms with Crippen LogP contribution >= 0.6 is 0 Å². The Morgan fingerprint density at radius 1 is 1.30 bits per heavy atom. The average Bonchev–Trinajstić information content (AvgIpc) is 2.95. The number of carbonyl (C=O) groups is 1. The molecule has 20 heavy (non-hydrogen) atoms. The van der Waals surface area contributed by atoms with Crippen LogP contribution in [-0.4, -0.2) is 43.0 Å². The first-order valence-electron chi connectivity index (χ1n) is 7.47. The van der Waals surface area contributed by atoms with Gasteiger partial charge in [0.05, 0.1) is 6.54 Å². The molecule has 1 atom stereocenters. The molecule has 1 unspecified atom stereocenters. The van der Waals surface area contributed by atoms with E-state index in [0.717, 1.165) is 17.8 Å². The Kier molecular flexibility index (Phi) is 5.56. The summed E-state index contributed by atoms with van der Waals surface area (Å²) in [7, 11) is 0. The molecular formula is C16H25N3O. The molecule has 1 amide bonds. The smallest absolute Gasteiger partial charge is 0.238 e. The van der Waals surface area contributed by atoms with Crippen LogP contribution in [0.1, 0.15) is 25.3 Å². The molecule has 0 spiro atoms. The number of likely N-dealkylation sites (tertiary alicyclic amines) is 1. The predicted molar refractivity (Wildman–Crippen MR) is 82.9 cm³/mol. The summed E-state index contributed by atoms with van der Waals surface area (Å²) in [6, 6.07) is 8.34. The number of para-hydroxylation sites is 1. The second kappa shape index (κ2) is 7.41. The van der Waals surface area contributed by atoms with E-state index in [1.54, 1.807) is 0 Å². The fourth-order valence-corrected chi connectivity index (χ4v) is 2.61. The summed E-state index contributed by atoms with van der Waals surface area (Å²) in [6.07, 6.45) is 2.61. The molecule has 4 heteroatoms. The van der Waals surface area contributed by atoms with Gasteiger partial charge in [-0.2, -0.15) is 0 Å². The van der Waals surface area contributed by atoms with Gasteiger partial charge in [-0.05, 0) is 51.4 Å². The third-order valence-electron chi connectivity index (χ3n) is 3.91. The van der Waals surface area contributed by atoms with Gasteiger partial charge < -0.3 is 10.6 Å². The summed E-state index contributed by atoms with van der Waals surface area (Å²) >= 11 is 0. The maximum absolute atomic E-state index is 11.9. The van der Waals surface area contributed by atoms with E-state index in [2.05, 4.69) is 22.5 Å². The van der Waals surface area contributed by atoms with Gasteiger partial charge in [0.1, 0.15) is 0 Å². The van der Waals surface area contributed by atoms with Gasteiger partial charge in [0.15, 0.2) is 0 Å². The van der Waals surface area contributed by atoms with Crippen molar-refractivity contribution < 1.29 is 4.79 Å². The molecule has 4 nitrogen and oxygen atoms in total. The molecule has 1 aromatic carbocycles. The summed E-state index contributed by atoms with van der Waals surface area (Å²) in [4.78, 5) is 14.4.